The number of imidazole rings is 1. The third-order valence-electron chi connectivity index (χ3n) is 4.68. The number of nitrogens with one attached hydrogen (secondary N) is 2. The van der Waals surface area contributed by atoms with Gasteiger partial charge in [0.1, 0.15) is 11.5 Å². The molecule has 1 unspecified atom stereocenters. The maximum atomic E-state index is 12.5. The zero-order valence-electron chi connectivity index (χ0n) is 15.9. The smallest absolute Gasteiger partial charge is 0.271 e. The summed E-state index contributed by atoms with van der Waals surface area (Å²) in [6.45, 7) is 4.53. The lowest BCUT2D eigenvalue weighted by molar-refractivity contribution is 0.0935. The molecule has 4 aromatic rings. The summed E-state index contributed by atoms with van der Waals surface area (Å²) in [5.74, 6) is 0.734. The van der Waals surface area contributed by atoms with E-state index in [0.29, 0.717) is 12.2 Å². The van der Waals surface area contributed by atoms with Crippen LogP contribution >= 0.6 is 0 Å². The Kier molecular flexibility index (Phi) is 4.89. The monoisotopic (exact) mass is 374 g/mol. The van der Waals surface area contributed by atoms with Gasteiger partial charge in [-0.25, -0.2) is 4.98 Å². The number of rotatable bonds is 6. The molecule has 1 aromatic carbocycles. The highest BCUT2D eigenvalue weighted by Gasteiger charge is 2.15. The Labute approximate surface area is 162 Å². The van der Waals surface area contributed by atoms with E-state index in [0.717, 1.165) is 34.5 Å². The third-order valence-corrected chi connectivity index (χ3v) is 4.68. The average Bonchev–Trinajstić information content (AvgIpc) is 3.28. The molecule has 0 aliphatic heterocycles. The first-order chi connectivity index (χ1) is 13.6. The maximum absolute atomic E-state index is 12.5. The maximum Gasteiger partial charge on any atom is 0.271 e. The Morgan fingerprint density at radius 3 is 2.93 bits per heavy atom. The van der Waals surface area contributed by atoms with E-state index in [2.05, 4.69) is 30.0 Å². The Balaban J connectivity index is 1.43. The zero-order valence-corrected chi connectivity index (χ0v) is 15.9. The number of hydrogen-bond acceptors (Lipinski definition) is 4. The van der Waals surface area contributed by atoms with Crippen LogP contribution in [0, 0.1) is 6.92 Å². The highest BCUT2D eigenvalue weighted by atomic mass is 16.2. The van der Waals surface area contributed by atoms with Crippen molar-refractivity contribution < 1.29 is 4.79 Å². The van der Waals surface area contributed by atoms with E-state index in [-0.39, 0.29) is 11.9 Å². The number of carbonyl (C=O) groups excluding carboxylic acids is 1. The number of aromatic nitrogens is 5. The van der Waals surface area contributed by atoms with Crippen molar-refractivity contribution in [2.24, 2.45) is 0 Å². The Morgan fingerprint density at radius 1 is 1.25 bits per heavy atom. The quantitative estimate of drug-likeness (QED) is 0.543. The largest absolute Gasteiger partial charge is 0.348 e. The van der Waals surface area contributed by atoms with Crippen LogP contribution in [0.4, 0.5) is 0 Å². The van der Waals surface area contributed by atoms with Crippen LogP contribution in [0.5, 0.6) is 0 Å². The van der Waals surface area contributed by atoms with Crippen LogP contribution < -0.4 is 5.32 Å². The minimum atomic E-state index is -0.189. The van der Waals surface area contributed by atoms with Gasteiger partial charge >= 0.3 is 0 Å². The van der Waals surface area contributed by atoms with Gasteiger partial charge in [-0.3, -0.25) is 14.9 Å². The van der Waals surface area contributed by atoms with Gasteiger partial charge in [0.2, 0.25) is 0 Å². The fraction of sp³-hybridized carbons (Fsp3) is 0.238. The number of aryl methyl sites for hydroxylation is 1. The second-order valence-corrected chi connectivity index (χ2v) is 6.95. The summed E-state index contributed by atoms with van der Waals surface area (Å²) in [7, 11) is 0. The fourth-order valence-electron chi connectivity index (χ4n) is 3.35. The van der Waals surface area contributed by atoms with Gasteiger partial charge in [0.05, 0.1) is 23.3 Å². The molecule has 142 valence electrons. The molecule has 1 atom stereocenters. The normalized spacial score (nSPS) is 12.2. The van der Waals surface area contributed by atoms with Crippen molar-refractivity contribution in [3.63, 3.8) is 0 Å². The summed E-state index contributed by atoms with van der Waals surface area (Å²) in [6, 6.07) is 13.7. The van der Waals surface area contributed by atoms with Crippen molar-refractivity contribution in [2.45, 2.75) is 32.9 Å². The molecule has 7 nitrogen and oxygen atoms in total. The van der Waals surface area contributed by atoms with Gasteiger partial charge in [-0.1, -0.05) is 18.2 Å². The molecule has 1 amide bonds. The number of para-hydroxylation sites is 2. The van der Waals surface area contributed by atoms with Crippen LogP contribution in [0.3, 0.4) is 0 Å². The second kappa shape index (κ2) is 7.64. The highest BCUT2D eigenvalue weighted by molar-refractivity contribution is 5.92. The van der Waals surface area contributed by atoms with Crippen molar-refractivity contribution in [1.29, 1.82) is 0 Å². The van der Waals surface area contributed by atoms with E-state index < -0.39 is 0 Å². The molecular weight excluding hydrogens is 352 g/mol. The van der Waals surface area contributed by atoms with E-state index >= 15 is 0 Å². The summed E-state index contributed by atoms with van der Waals surface area (Å²) in [6.07, 6.45) is 4.27. The summed E-state index contributed by atoms with van der Waals surface area (Å²) < 4.78 is 2.11. The summed E-state index contributed by atoms with van der Waals surface area (Å²) in [5, 5.41) is 10.1. The van der Waals surface area contributed by atoms with Crippen LogP contribution in [0.1, 0.15) is 34.5 Å². The van der Waals surface area contributed by atoms with Crippen molar-refractivity contribution in [3.05, 3.63) is 77.6 Å². The topological polar surface area (TPSA) is 88.5 Å². The molecule has 0 bridgehead atoms. The van der Waals surface area contributed by atoms with E-state index in [9.17, 15) is 4.79 Å². The average molecular weight is 374 g/mol. The number of fused-ring (bicyclic) bond motifs is 1. The lowest BCUT2D eigenvalue weighted by Crippen LogP contribution is -2.34. The molecular formula is C21H22N6O. The number of carbonyl (C=O) groups is 1. The first kappa shape index (κ1) is 17.9. The van der Waals surface area contributed by atoms with Crippen LogP contribution in [-0.4, -0.2) is 36.7 Å². The second-order valence-electron chi connectivity index (χ2n) is 6.95. The van der Waals surface area contributed by atoms with Gasteiger partial charge in [-0.15, -0.1) is 0 Å². The fourth-order valence-corrected chi connectivity index (χ4v) is 3.35. The molecule has 28 heavy (non-hydrogen) atoms. The van der Waals surface area contributed by atoms with E-state index in [1.807, 2.05) is 56.4 Å². The number of H-pyrrole nitrogens is 1. The summed E-state index contributed by atoms with van der Waals surface area (Å²) in [4.78, 5) is 21.2. The van der Waals surface area contributed by atoms with Crippen molar-refractivity contribution in [1.82, 2.24) is 30.0 Å². The molecule has 0 aliphatic rings. The molecule has 0 fully saturated rings. The first-order valence-electron chi connectivity index (χ1n) is 9.26. The van der Waals surface area contributed by atoms with E-state index in [1.54, 1.807) is 12.3 Å². The van der Waals surface area contributed by atoms with Crippen molar-refractivity contribution in [2.75, 3.05) is 0 Å². The van der Waals surface area contributed by atoms with Crippen LogP contribution in [0.2, 0.25) is 0 Å². The minimum absolute atomic E-state index is 0.0170. The molecule has 4 rings (SSSR count). The lowest BCUT2D eigenvalue weighted by atomic mass is 10.1. The van der Waals surface area contributed by atoms with Crippen molar-refractivity contribution in [3.8, 4) is 0 Å². The highest BCUT2D eigenvalue weighted by Crippen LogP contribution is 2.17. The Morgan fingerprint density at radius 2 is 2.11 bits per heavy atom. The number of hydrogen-bond donors (Lipinski definition) is 2. The number of benzene rings is 1. The standard InChI is InChI=1S/C21H22N6O/c1-14(10-16-6-5-9-22-12-16)23-21(28)19-11-17(25-26-19)13-27-15(2)24-18-7-3-4-8-20(18)27/h3-9,11-12,14H,10,13H2,1-2H3,(H,23,28)(H,25,26). The summed E-state index contributed by atoms with van der Waals surface area (Å²) >= 11 is 0. The number of amides is 1. The molecule has 0 aliphatic carbocycles. The van der Waals surface area contributed by atoms with Gasteiger partial charge in [0.25, 0.3) is 5.91 Å². The van der Waals surface area contributed by atoms with E-state index in [4.69, 9.17) is 0 Å². The molecule has 0 spiro atoms. The molecule has 3 aromatic heterocycles. The first-order valence-corrected chi connectivity index (χ1v) is 9.26. The molecule has 0 saturated heterocycles. The van der Waals surface area contributed by atoms with Crippen LogP contribution in [0.25, 0.3) is 11.0 Å². The molecule has 7 heteroatoms. The van der Waals surface area contributed by atoms with Crippen molar-refractivity contribution >= 4 is 16.9 Å². The van der Waals surface area contributed by atoms with Gasteiger partial charge in [-0.2, -0.15) is 5.10 Å². The van der Waals surface area contributed by atoms with Gasteiger partial charge in [0, 0.05) is 18.4 Å². The van der Waals surface area contributed by atoms with Gasteiger partial charge < -0.3 is 9.88 Å². The third kappa shape index (κ3) is 3.78. The Hall–Kier alpha value is -3.48. The van der Waals surface area contributed by atoms with E-state index in [1.165, 1.54) is 0 Å². The number of nitrogens with zero attached hydrogens (tertiary/aromatic N) is 4. The molecule has 0 saturated carbocycles. The minimum Gasteiger partial charge on any atom is -0.348 e. The number of aromatic amines is 1. The predicted octanol–water partition coefficient (Wildman–Crippen LogP) is 2.87. The number of pyridine rings is 1. The summed E-state index contributed by atoms with van der Waals surface area (Å²) in [5.41, 5.74) is 4.35. The van der Waals surface area contributed by atoms with Gasteiger partial charge in [0.15, 0.2) is 0 Å². The SMILES string of the molecule is Cc1nc2ccccc2n1Cc1cc(C(=O)NC(C)Cc2cccnc2)n[nH]1. The van der Waals surface area contributed by atoms with Gasteiger partial charge in [-0.05, 0) is 50.1 Å². The molecule has 2 N–H and O–H groups in total. The predicted molar refractivity (Wildman–Crippen MR) is 107 cm³/mol. The van der Waals surface area contributed by atoms with Crippen LogP contribution in [-0.2, 0) is 13.0 Å². The van der Waals surface area contributed by atoms with Crippen LogP contribution in [0.15, 0.2) is 54.9 Å². The zero-order chi connectivity index (χ0) is 19.5. The Bertz CT molecular complexity index is 1100. The molecule has 0 radical (unpaired) electrons. The molecule has 3 heterocycles. The lowest BCUT2D eigenvalue weighted by Gasteiger charge is -2.12.